The molecule has 2 N–H and O–H groups in total. The summed E-state index contributed by atoms with van der Waals surface area (Å²) in [5.41, 5.74) is 6.77. The molecule has 0 aliphatic carbocycles. The predicted octanol–water partition coefficient (Wildman–Crippen LogP) is 7.76. The van der Waals surface area contributed by atoms with Crippen molar-refractivity contribution in [1.82, 2.24) is 10.9 Å². The third kappa shape index (κ3) is 12.7. The Hall–Kier alpha value is -5.32. The number of ether oxygens (including phenoxy) is 2. The number of unbranched alkanes of at least 4 members (excludes halogenated alkanes) is 4. The second-order valence-electron chi connectivity index (χ2n) is 10.7. The Kier molecular flexibility index (Phi) is 14.5. The first-order valence-electron chi connectivity index (χ1n) is 15.6. The van der Waals surface area contributed by atoms with Gasteiger partial charge in [0.1, 0.15) is 11.5 Å². The van der Waals surface area contributed by atoms with Crippen molar-refractivity contribution in [2.45, 2.75) is 44.9 Å². The van der Waals surface area contributed by atoms with Gasteiger partial charge < -0.3 is 9.47 Å². The highest BCUT2D eigenvalue weighted by Crippen LogP contribution is 2.20. The number of rotatable bonds is 16. The van der Waals surface area contributed by atoms with Crippen molar-refractivity contribution in [2.24, 2.45) is 10.2 Å². The molecule has 0 saturated carbocycles. The summed E-state index contributed by atoms with van der Waals surface area (Å²) in [4.78, 5) is 49.4. The van der Waals surface area contributed by atoms with Crippen LogP contribution in [0.3, 0.4) is 0 Å². The van der Waals surface area contributed by atoms with Gasteiger partial charge in [-0.15, -0.1) is 0 Å². The molecular formula is C37H34Cl2N4O6. The Balaban J connectivity index is 1.08. The molecule has 10 nitrogen and oxygen atoms in total. The molecule has 0 fully saturated rings. The topological polar surface area (TPSA) is 136 Å². The van der Waals surface area contributed by atoms with Crippen LogP contribution in [0.15, 0.2) is 107 Å². The molecule has 4 aromatic rings. The Morgan fingerprint density at radius 1 is 0.531 bits per heavy atom. The molecule has 4 rings (SSSR count). The summed E-state index contributed by atoms with van der Waals surface area (Å²) in [5, 5.41) is 9.04. The average molecular weight is 702 g/mol. The molecule has 0 aromatic heterocycles. The Morgan fingerprint density at radius 3 is 1.31 bits per heavy atom. The molecule has 0 heterocycles. The van der Waals surface area contributed by atoms with E-state index in [9.17, 15) is 19.2 Å². The van der Waals surface area contributed by atoms with Gasteiger partial charge in [-0.05, 0) is 85.6 Å². The lowest BCUT2D eigenvalue weighted by atomic mass is 10.1. The van der Waals surface area contributed by atoms with Crippen LogP contribution in [0.4, 0.5) is 0 Å². The van der Waals surface area contributed by atoms with Crippen LogP contribution in [-0.4, -0.2) is 36.2 Å². The molecule has 0 bridgehead atoms. The van der Waals surface area contributed by atoms with E-state index in [1.54, 1.807) is 97.1 Å². The van der Waals surface area contributed by atoms with Gasteiger partial charge in [0.2, 0.25) is 11.8 Å². The van der Waals surface area contributed by atoms with Crippen LogP contribution in [0.1, 0.15) is 76.8 Å². The first kappa shape index (κ1) is 36.5. The van der Waals surface area contributed by atoms with Crippen molar-refractivity contribution in [1.29, 1.82) is 0 Å². The Morgan fingerprint density at radius 2 is 0.898 bits per heavy atom. The van der Waals surface area contributed by atoms with Crippen molar-refractivity contribution in [2.75, 3.05) is 0 Å². The number of hydrogen-bond acceptors (Lipinski definition) is 8. The second-order valence-corrected chi connectivity index (χ2v) is 11.6. The van der Waals surface area contributed by atoms with Gasteiger partial charge >= 0.3 is 11.9 Å². The van der Waals surface area contributed by atoms with E-state index in [1.807, 2.05) is 0 Å². The molecule has 0 atom stereocenters. The van der Waals surface area contributed by atoms with Crippen molar-refractivity contribution in [3.8, 4) is 11.5 Å². The number of nitrogens with one attached hydrogen (secondary N) is 2. The van der Waals surface area contributed by atoms with Gasteiger partial charge in [-0.25, -0.2) is 20.4 Å². The summed E-state index contributed by atoms with van der Waals surface area (Å²) in [5.74, 6) is -0.926. The van der Waals surface area contributed by atoms with Crippen molar-refractivity contribution in [3.05, 3.63) is 129 Å². The first-order chi connectivity index (χ1) is 23.8. The zero-order chi connectivity index (χ0) is 34.8. The fourth-order valence-corrected chi connectivity index (χ4v) is 4.66. The number of amides is 2. The summed E-state index contributed by atoms with van der Waals surface area (Å²) >= 11 is 11.8. The summed E-state index contributed by atoms with van der Waals surface area (Å²) < 4.78 is 11.0. The average Bonchev–Trinajstić information content (AvgIpc) is 3.10. The number of carbonyl (C=O) groups is 4. The SMILES string of the molecule is O=C(CCCCCCCC(=O)NN=Cc1ccccc1OC(=O)c1ccc(Cl)cc1)NN=Cc1ccccc1OC(=O)c1ccc(Cl)cc1. The van der Waals surface area contributed by atoms with E-state index >= 15 is 0 Å². The maximum Gasteiger partial charge on any atom is 0.343 e. The number of benzene rings is 4. The summed E-state index contributed by atoms with van der Waals surface area (Å²) in [7, 11) is 0. The highest BCUT2D eigenvalue weighted by Gasteiger charge is 2.12. The lowest BCUT2D eigenvalue weighted by Crippen LogP contribution is -2.17. The zero-order valence-electron chi connectivity index (χ0n) is 26.4. The first-order valence-corrected chi connectivity index (χ1v) is 16.3. The van der Waals surface area contributed by atoms with Crippen LogP contribution >= 0.6 is 23.2 Å². The molecule has 0 aliphatic heterocycles. The molecule has 0 aliphatic rings. The number of hydrogen-bond donors (Lipinski definition) is 2. The van der Waals surface area contributed by atoms with E-state index in [0.29, 0.717) is 69.5 Å². The Bertz CT molecular complexity index is 1660. The molecule has 0 spiro atoms. The van der Waals surface area contributed by atoms with E-state index in [0.717, 1.165) is 19.3 Å². The summed E-state index contributed by atoms with van der Waals surface area (Å²) in [6, 6.07) is 26.4. The number of para-hydroxylation sites is 2. The minimum atomic E-state index is -0.537. The van der Waals surface area contributed by atoms with E-state index in [-0.39, 0.29) is 11.8 Å². The molecule has 4 aromatic carbocycles. The number of hydrazone groups is 2. The summed E-state index contributed by atoms with van der Waals surface area (Å²) in [6.07, 6.45) is 7.32. The van der Waals surface area contributed by atoms with Gasteiger partial charge in [0.05, 0.1) is 23.6 Å². The maximum atomic E-state index is 12.5. The van der Waals surface area contributed by atoms with Gasteiger partial charge in [0.15, 0.2) is 0 Å². The normalized spacial score (nSPS) is 11.0. The van der Waals surface area contributed by atoms with Crippen LogP contribution in [0.25, 0.3) is 0 Å². The molecular weight excluding hydrogens is 667 g/mol. The fraction of sp³-hybridized carbons (Fsp3) is 0.189. The standard InChI is InChI=1S/C37H34Cl2N4O6/c38-30-20-16-26(17-21-30)36(46)48-32-12-8-6-10-28(32)24-40-42-34(44)14-4-2-1-3-5-15-35(45)43-41-25-29-11-7-9-13-33(29)49-37(47)27-18-22-31(39)23-19-27/h6-13,16-25H,1-5,14-15H2,(H,42,44)(H,43,45). The third-order valence-corrected chi connectivity index (χ3v) is 7.50. The van der Waals surface area contributed by atoms with E-state index in [1.165, 1.54) is 12.4 Å². The van der Waals surface area contributed by atoms with E-state index < -0.39 is 11.9 Å². The van der Waals surface area contributed by atoms with E-state index in [2.05, 4.69) is 21.1 Å². The van der Waals surface area contributed by atoms with E-state index in [4.69, 9.17) is 32.7 Å². The van der Waals surface area contributed by atoms with Crippen molar-refractivity contribution < 1.29 is 28.7 Å². The molecule has 0 saturated heterocycles. The van der Waals surface area contributed by atoms with Gasteiger partial charge in [-0.3, -0.25) is 9.59 Å². The largest absolute Gasteiger partial charge is 0.422 e. The van der Waals surface area contributed by atoms with Crippen LogP contribution in [0, 0.1) is 0 Å². The predicted molar refractivity (Wildman–Crippen MR) is 189 cm³/mol. The molecule has 12 heteroatoms. The number of carbonyl (C=O) groups excluding carboxylic acids is 4. The number of nitrogens with zero attached hydrogens (tertiary/aromatic N) is 2. The minimum absolute atomic E-state index is 0.231. The monoisotopic (exact) mass is 700 g/mol. The third-order valence-electron chi connectivity index (χ3n) is 7.00. The highest BCUT2D eigenvalue weighted by molar-refractivity contribution is 6.31. The van der Waals surface area contributed by atoms with Crippen molar-refractivity contribution >= 4 is 59.4 Å². The molecule has 2 amide bonds. The van der Waals surface area contributed by atoms with Gasteiger partial charge in [-0.1, -0.05) is 66.7 Å². The van der Waals surface area contributed by atoms with Gasteiger partial charge in [0, 0.05) is 34.0 Å². The molecule has 0 radical (unpaired) electrons. The zero-order valence-corrected chi connectivity index (χ0v) is 28.0. The quantitative estimate of drug-likeness (QED) is 0.0403. The number of esters is 2. The molecule has 49 heavy (non-hydrogen) atoms. The number of halogens is 2. The molecule has 252 valence electrons. The van der Waals surface area contributed by atoms with Crippen LogP contribution in [-0.2, 0) is 9.59 Å². The lowest BCUT2D eigenvalue weighted by Gasteiger charge is -2.07. The van der Waals surface area contributed by atoms with Crippen LogP contribution in [0.5, 0.6) is 11.5 Å². The second kappa shape index (κ2) is 19.5. The maximum absolute atomic E-state index is 12.5. The van der Waals surface area contributed by atoms with Crippen LogP contribution < -0.4 is 20.3 Å². The summed E-state index contributed by atoms with van der Waals surface area (Å²) in [6.45, 7) is 0. The fourth-order valence-electron chi connectivity index (χ4n) is 4.41. The van der Waals surface area contributed by atoms with Crippen molar-refractivity contribution in [3.63, 3.8) is 0 Å². The Labute approximate surface area is 294 Å². The van der Waals surface area contributed by atoms with Gasteiger partial charge in [-0.2, -0.15) is 10.2 Å². The van der Waals surface area contributed by atoms with Gasteiger partial charge in [0.25, 0.3) is 0 Å². The smallest absolute Gasteiger partial charge is 0.343 e. The van der Waals surface area contributed by atoms with Crippen LogP contribution in [0.2, 0.25) is 10.0 Å². The highest BCUT2D eigenvalue weighted by atomic mass is 35.5. The molecule has 0 unspecified atom stereocenters. The lowest BCUT2D eigenvalue weighted by molar-refractivity contribution is -0.121. The minimum Gasteiger partial charge on any atom is -0.422 e.